The van der Waals surface area contributed by atoms with Crippen LogP contribution in [0.2, 0.25) is 0 Å². The summed E-state index contributed by atoms with van der Waals surface area (Å²) in [5.74, 6) is 2.73. The molecule has 0 aliphatic heterocycles. The number of hydrogen-bond acceptors (Lipinski definition) is 4. The highest BCUT2D eigenvalue weighted by atomic mass is 16.5. The highest BCUT2D eigenvalue weighted by molar-refractivity contribution is 5.53. The maximum absolute atomic E-state index is 5.57. The third kappa shape index (κ3) is 3.32. The lowest BCUT2D eigenvalue weighted by Gasteiger charge is -2.23. The molecule has 4 heteroatoms. The molecule has 2 N–H and O–H groups in total. The van der Waals surface area contributed by atoms with Crippen molar-refractivity contribution in [2.75, 3.05) is 6.54 Å². The molecule has 1 aliphatic carbocycles. The van der Waals surface area contributed by atoms with Crippen LogP contribution < -0.4 is 5.73 Å². The Labute approximate surface area is 125 Å². The Morgan fingerprint density at radius 1 is 1.24 bits per heavy atom. The van der Waals surface area contributed by atoms with Crippen LogP contribution in [0.1, 0.15) is 49.9 Å². The second-order valence-corrected chi connectivity index (χ2v) is 6.16. The first-order valence-corrected chi connectivity index (χ1v) is 7.89. The summed E-state index contributed by atoms with van der Waals surface area (Å²) in [7, 11) is 0. The predicted octanol–water partition coefficient (Wildman–Crippen LogP) is 3.53. The number of nitrogens with zero attached hydrogens (tertiary/aromatic N) is 2. The van der Waals surface area contributed by atoms with Crippen LogP contribution in [0.15, 0.2) is 28.8 Å². The van der Waals surface area contributed by atoms with E-state index in [9.17, 15) is 0 Å². The van der Waals surface area contributed by atoms with Crippen molar-refractivity contribution in [2.24, 2.45) is 11.7 Å². The number of nitrogens with two attached hydrogens (primary N) is 1. The largest absolute Gasteiger partial charge is 0.334 e. The van der Waals surface area contributed by atoms with Crippen molar-refractivity contribution < 1.29 is 4.52 Å². The number of rotatable bonds is 4. The van der Waals surface area contributed by atoms with Crippen LogP contribution in [0.25, 0.3) is 11.5 Å². The Morgan fingerprint density at radius 3 is 2.76 bits per heavy atom. The first-order valence-electron chi connectivity index (χ1n) is 7.89. The second-order valence-electron chi connectivity index (χ2n) is 6.16. The van der Waals surface area contributed by atoms with Gasteiger partial charge in [-0.25, -0.2) is 0 Å². The fourth-order valence-corrected chi connectivity index (χ4v) is 3.17. The molecule has 2 unspecified atom stereocenters. The molecule has 0 saturated heterocycles. The Morgan fingerprint density at radius 2 is 2.05 bits per heavy atom. The van der Waals surface area contributed by atoms with Gasteiger partial charge in [-0.1, -0.05) is 37.1 Å². The molecule has 3 rings (SSSR count). The summed E-state index contributed by atoms with van der Waals surface area (Å²) in [6.07, 6.45) is 5.84. The van der Waals surface area contributed by atoms with Crippen molar-refractivity contribution in [3.63, 3.8) is 0 Å². The van der Waals surface area contributed by atoms with E-state index < -0.39 is 0 Å². The monoisotopic (exact) mass is 285 g/mol. The van der Waals surface area contributed by atoms with Gasteiger partial charge in [0.15, 0.2) is 5.82 Å². The Balaban J connectivity index is 1.74. The van der Waals surface area contributed by atoms with E-state index in [0.29, 0.717) is 18.4 Å². The summed E-state index contributed by atoms with van der Waals surface area (Å²) in [4.78, 5) is 4.61. The molecule has 2 aromatic rings. The van der Waals surface area contributed by atoms with Gasteiger partial charge in [0, 0.05) is 11.5 Å². The second kappa shape index (κ2) is 6.39. The summed E-state index contributed by atoms with van der Waals surface area (Å²) in [6, 6.07) is 8.22. The summed E-state index contributed by atoms with van der Waals surface area (Å²) in [6.45, 7) is 2.98. The molecule has 1 fully saturated rings. The van der Waals surface area contributed by atoms with Crippen LogP contribution in [-0.4, -0.2) is 16.7 Å². The van der Waals surface area contributed by atoms with Gasteiger partial charge in [0.2, 0.25) is 0 Å². The van der Waals surface area contributed by atoms with Gasteiger partial charge in [-0.15, -0.1) is 0 Å². The standard InChI is InChI=1S/C17H23N3O/c1-12-3-2-4-15(11-12)16-19-17(21-20-16)14-7-5-13(6-8-14)9-10-18/h5-8,12,15H,2-4,9-11,18H2,1H3. The average Bonchev–Trinajstić information content (AvgIpc) is 2.98. The molecular weight excluding hydrogens is 262 g/mol. The number of benzene rings is 1. The lowest BCUT2D eigenvalue weighted by Crippen LogP contribution is -2.12. The highest BCUT2D eigenvalue weighted by Gasteiger charge is 2.24. The summed E-state index contributed by atoms with van der Waals surface area (Å²) in [5.41, 5.74) is 7.79. The summed E-state index contributed by atoms with van der Waals surface area (Å²) < 4.78 is 5.45. The Bertz CT molecular complexity index is 576. The third-order valence-corrected chi connectivity index (χ3v) is 4.38. The van der Waals surface area contributed by atoms with Gasteiger partial charge in [-0.05, 0) is 49.4 Å². The van der Waals surface area contributed by atoms with Crippen molar-refractivity contribution in [3.8, 4) is 11.5 Å². The van der Waals surface area contributed by atoms with Crippen LogP contribution >= 0.6 is 0 Å². The van der Waals surface area contributed by atoms with Crippen LogP contribution in [0.4, 0.5) is 0 Å². The normalized spacial score (nSPS) is 22.4. The van der Waals surface area contributed by atoms with E-state index in [0.717, 1.165) is 23.7 Å². The third-order valence-electron chi connectivity index (χ3n) is 4.38. The van der Waals surface area contributed by atoms with Gasteiger partial charge < -0.3 is 10.3 Å². The van der Waals surface area contributed by atoms with E-state index in [1.54, 1.807) is 0 Å². The van der Waals surface area contributed by atoms with Gasteiger partial charge >= 0.3 is 0 Å². The van der Waals surface area contributed by atoms with Gasteiger partial charge in [0.1, 0.15) is 0 Å². The molecule has 1 aromatic carbocycles. The molecular formula is C17H23N3O. The minimum atomic E-state index is 0.461. The van der Waals surface area contributed by atoms with Gasteiger partial charge in [-0.3, -0.25) is 0 Å². The van der Waals surface area contributed by atoms with E-state index in [-0.39, 0.29) is 0 Å². The molecule has 0 bridgehead atoms. The molecule has 1 heterocycles. The van der Waals surface area contributed by atoms with Crippen LogP contribution in [0.3, 0.4) is 0 Å². The van der Waals surface area contributed by atoms with Crippen LogP contribution in [0.5, 0.6) is 0 Å². The van der Waals surface area contributed by atoms with Crippen molar-refractivity contribution in [1.82, 2.24) is 10.1 Å². The molecule has 0 spiro atoms. The maximum Gasteiger partial charge on any atom is 0.257 e. The topological polar surface area (TPSA) is 64.9 Å². The molecule has 4 nitrogen and oxygen atoms in total. The van der Waals surface area contributed by atoms with E-state index in [1.165, 1.54) is 31.2 Å². The van der Waals surface area contributed by atoms with Crippen molar-refractivity contribution in [1.29, 1.82) is 0 Å². The average molecular weight is 285 g/mol. The molecule has 2 atom stereocenters. The van der Waals surface area contributed by atoms with Crippen LogP contribution in [0, 0.1) is 5.92 Å². The van der Waals surface area contributed by atoms with Gasteiger partial charge in [-0.2, -0.15) is 4.98 Å². The van der Waals surface area contributed by atoms with Crippen molar-refractivity contribution in [2.45, 2.75) is 44.9 Å². The molecule has 1 aromatic heterocycles. The van der Waals surface area contributed by atoms with Gasteiger partial charge in [0.25, 0.3) is 5.89 Å². The summed E-state index contributed by atoms with van der Waals surface area (Å²) >= 11 is 0. The first kappa shape index (κ1) is 14.3. The first-order chi connectivity index (χ1) is 10.3. The zero-order valence-electron chi connectivity index (χ0n) is 12.6. The maximum atomic E-state index is 5.57. The molecule has 112 valence electrons. The SMILES string of the molecule is CC1CCCC(c2noc(-c3ccc(CCN)cc3)n2)C1. The minimum Gasteiger partial charge on any atom is -0.334 e. The van der Waals surface area contributed by atoms with Crippen molar-refractivity contribution in [3.05, 3.63) is 35.7 Å². The molecule has 0 radical (unpaired) electrons. The molecule has 1 saturated carbocycles. The molecule has 0 amide bonds. The Kier molecular flexibility index (Phi) is 4.34. The van der Waals surface area contributed by atoms with E-state index >= 15 is 0 Å². The van der Waals surface area contributed by atoms with Crippen LogP contribution in [-0.2, 0) is 6.42 Å². The fraction of sp³-hybridized carbons (Fsp3) is 0.529. The lowest BCUT2D eigenvalue weighted by atomic mass is 9.82. The number of hydrogen-bond donors (Lipinski definition) is 1. The van der Waals surface area contributed by atoms with E-state index in [2.05, 4.69) is 29.2 Å². The summed E-state index contributed by atoms with van der Waals surface area (Å²) in [5, 5.41) is 4.20. The highest BCUT2D eigenvalue weighted by Crippen LogP contribution is 2.35. The minimum absolute atomic E-state index is 0.461. The fourth-order valence-electron chi connectivity index (χ4n) is 3.17. The van der Waals surface area contributed by atoms with Crippen molar-refractivity contribution >= 4 is 0 Å². The smallest absolute Gasteiger partial charge is 0.257 e. The Hall–Kier alpha value is -1.68. The molecule has 1 aliphatic rings. The lowest BCUT2D eigenvalue weighted by molar-refractivity contribution is 0.324. The zero-order valence-corrected chi connectivity index (χ0v) is 12.6. The van der Waals surface area contributed by atoms with E-state index in [1.807, 2.05) is 12.1 Å². The molecule has 21 heavy (non-hydrogen) atoms. The number of aromatic nitrogens is 2. The predicted molar refractivity (Wildman–Crippen MR) is 82.9 cm³/mol. The quantitative estimate of drug-likeness (QED) is 0.933. The van der Waals surface area contributed by atoms with E-state index in [4.69, 9.17) is 10.3 Å². The zero-order chi connectivity index (χ0) is 14.7. The van der Waals surface area contributed by atoms with Gasteiger partial charge in [0.05, 0.1) is 0 Å².